The van der Waals surface area contributed by atoms with Crippen molar-refractivity contribution in [3.05, 3.63) is 0 Å². The highest BCUT2D eigenvalue weighted by molar-refractivity contribution is 5.35. The highest BCUT2D eigenvalue weighted by Crippen LogP contribution is 2.11. The summed E-state index contributed by atoms with van der Waals surface area (Å²) in [6.07, 6.45) is 3.76. The van der Waals surface area contributed by atoms with Crippen LogP contribution in [0.5, 0.6) is 6.01 Å². The number of aromatic nitrogens is 3. The highest BCUT2D eigenvalue weighted by Gasteiger charge is 2.10. The van der Waals surface area contributed by atoms with Gasteiger partial charge in [-0.15, -0.1) is 0 Å². The molecule has 1 aliphatic rings. The summed E-state index contributed by atoms with van der Waals surface area (Å²) in [7, 11) is 1.78. The third-order valence-corrected chi connectivity index (χ3v) is 3.24. The van der Waals surface area contributed by atoms with E-state index in [2.05, 4.69) is 30.5 Å². The highest BCUT2D eigenvalue weighted by atomic mass is 16.5. The molecule has 0 unspecified atom stereocenters. The van der Waals surface area contributed by atoms with Gasteiger partial charge in [0.15, 0.2) is 0 Å². The molecule has 7 heteroatoms. The smallest absolute Gasteiger partial charge is 0.323 e. The summed E-state index contributed by atoms with van der Waals surface area (Å²) in [5.74, 6) is 1.08. The molecule has 0 radical (unpaired) electrons. The number of hydrogen-bond acceptors (Lipinski definition) is 7. The monoisotopic (exact) mass is 280 g/mol. The fourth-order valence-corrected chi connectivity index (χ4v) is 2.25. The Bertz CT molecular complexity index is 408. The van der Waals surface area contributed by atoms with E-state index in [9.17, 15) is 0 Å². The van der Waals surface area contributed by atoms with E-state index in [1.54, 1.807) is 7.05 Å². The standard InChI is InChI=1S/C13H24N6O/c1-3-20-13-17-11(14-2)16-12(18-13)15-7-6-10-19-8-4-5-9-19/h3-10H2,1-2H3,(H2,14,15,16,17,18). The van der Waals surface area contributed by atoms with Crippen molar-refractivity contribution in [2.45, 2.75) is 26.2 Å². The summed E-state index contributed by atoms with van der Waals surface area (Å²) >= 11 is 0. The Labute approximate surface area is 120 Å². The van der Waals surface area contributed by atoms with E-state index in [0.717, 1.165) is 19.5 Å². The quantitative estimate of drug-likeness (QED) is 0.693. The van der Waals surface area contributed by atoms with Crippen LogP contribution in [-0.2, 0) is 0 Å². The van der Waals surface area contributed by atoms with Gasteiger partial charge in [-0.3, -0.25) is 0 Å². The summed E-state index contributed by atoms with van der Waals surface area (Å²) in [4.78, 5) is 15.1. The molecule has 0 atom stereocenters. The summed E-state index contributed by atoms with van der Waals surface area (Å²) in [6, 6.07) is 0.355. The van der Waals surface area contributed by atoms with Crippen molar-refractivity contribution < 1.29 is 4.74 Å². The van der Waals surface area contributed by atoms with Gasteiger partial charge in [-0.2, -0.15) is 15.0 Å². The number of rotatable bonds is 8. The van der Waals surface area contributed by atoms with E-state index in [0.29, 0.717) is 24.5 Å². The molecule has 0 amide bonds. The topological polar surface area (TPSA) is 75.2 Å². The van der Waals surface area contributed by atoms with Crippen LogP contribution in [0.2, 0.25) is 0 Å². The first-order valence-corrected chi connectivity index (χ1v) is 7.34. The van der Waals surface area contributed by atoms with Gasteiger partial charge >= 0.3 is 6.01 Å². The Morgan fingerprint density at radius 3 is 2.60 bits per heavy atom. The van der Waals surface area contributed by atoms with Gasteiger partial charge in [0.2, 0.25) is 11.9 Å². The third kappa shape index (κ3) is 4.48. The van der Waals surface area contributed by atoms with Crippen molar-refractivity contribution in [1.29, 1.82) is 0 Å². The van der Waals surface area contributed by atoms with Crippen LogP contribution in [0.15, 0.2) is 0 Å². The van der Waals surface area contributed by atoms with Crippen LogP contribution in [0.4, 0.5) is 11.9 Å². The molecule has 0 saturated carbocycles. The number of nitrogens with one attached hydrogen (secondary N) is 2. The lowest BCUT2D eigenvalue weighted by atomic mass is 10.4. The molecule has 0 aromatic carbocycles. The van der Waals surface area contributed by atoms with E-state index in [1.165, 1.54) is 25.9 Å². The first kappa shape index (κ1) is 14.8. The van der Waals surface area contributed by atoms with E-state index in [4.69, 9.17) is 4.74 Å². The fourth-order valence-electron chi connectivity index (χ4n) is 2.25. The minimum absolute atomic E-state index is 0.355. The minimum atomic E-state index is 0.355. The molecule has 20 heavy (non-hydrogen) atoms. The second-order valence-corrected chi connectivity index (χ2v) is 4.78. The SMILES string of the molecule is CCOc1nc(NC)nc(NCCCN2CCCC2)n1. The van der Waals surface area contributed by atoms with Crippen LogP contribution in [0.25, 0.3) is 0 Å². The molecule has 1 saturated heterocycles. The number of ether oxygens (including phenoxy) is 1. The molecule has 0 bridgehead atoms. The second kappa shape index (κ2) is 7.84. The first-order valence-electron chi connectivity index (χ1n) is 7.34. The zero-order chi connectivity index (χ0) is 14.2. The molecule has 0 aliphatic carbocycles. The van der Waals surface area contributed by atoms with Gasteiger partial charge in [-0.1, -0.05) is 0 Å². The van der Waals surface area contributed by atoms with Crippen LogP contribution in [0.1, 0.15) is 26.2 Å². The average molecular weight is 280 g/mol. The average Bonchev–Trinajstić information content (AvgIpc) is 2.97. The predicted octanol–water partition coefficient (Wildman–Crippen LogP) is 1.21. The lowest BCUT2D eigenvalue weighted by Crippen LogP contribution is -2.22. The van der Waals surface area contributed by atoms with E-state index >= 15 is 0 Å². The molecule has 1 aromatic rings. The van der Waals surface area contributed by atoms with Gasteiger partial charge in [-0.25, -0.2) is 0 Å². The Kier molecular flexibility index (Phi) is 5.79. The molecule has 2 N–H and O–H groups in total. The summed E-state index contributed by atoms with van der Waals surface area (Å²) in [5, 5.41) is 6.14. The van der Waals surface area contributed by atoms with Crippen LogP contribution in [-0.4, -0.2) is 59.7 Å². The maximum absolute atomic E-state index is 5.33. The lowest BCUT2D eigenvalue weighted by Gasteiger charge is -2.14. The van der Waals surface area contributed by atoms with Gasteiger partial charge in [0.25, 0.3) is 0 Å². The van der Waals surface area contributed by atoms with Crippen LogP contribution in [0, 0.1) is 0 Å². The molecule has 1 aliphatic heterocycles. The molecular formula is C13H24N6O. The van der Waals surface area contributed by atoms with Gasteiger partial charge in [-0.05, 0) is 45.8 Å². The van der Waals surface area contributed by atoms with Crippen molar-refractivity contribution in [2.24, 2.45) is 0 Å². The summed E-state index contributed by atoms with van der Waals surface area (Å²) in [5.41, 5.74) is 0. The predicted molar refractivity (Wildman–Crippen MR) is 79.3 cm³/mol. The van der Waals surface area contributed by atoms with Crippen molar-refractivity contribution in [3.63, 3.8) is 0 Å². The number of hydrogen-bond donors (Lipinski definition) is 2. The Morgan fingerprint density at radius 1 is 1.15 bits per heavy atom. The molecule has 7 nitrogen and oxygen atoms in total. The number of nitrogens with zero attached hydrogens (tertiary/aromatic N) is 4. The number of likely N-dealkylation sites (tertiary alicyclic amines) is 1. The molecule has 2 rings (SSSR count). The largest absolute Gasteiger partial charge is 0.464 e. The van der Waals surface area contributed by atoms with Crippen LogP contribution < -0.4 is 15.4 Å². The van der Waals surface area contributed by atoms with Crippen LogP contribution in [0.3, 0.4) is 0 Å². The molecule has 112 valence electrons. The summed E-state index contributed by atoms with van der Waals surface area (Å²) < 4.78 is 5.33. The minimum Gasteiger partial charge on any atom is -0.464 e. The Morgan fingerprint density at radius 2 is 1.90 bits per heavy atom. The van der Waals surface area contributed by atoms with Crippen LogP contribution >= 0.6 is 0 Å². The molecule has 1 aromatic heterocycles. The van der Waals surface area contributed by atoms with Crippen molar-refractivity contribution in [2.75, 3.05) is 50.5 Å². The van der Waals surface area contributed by atoms with E-state index < -0.39 is 0 Å². The van der Waals surface area contributed by atoms with Gasteiger partial charge in [0.1, 0.15) is 0 Å². The molecule has 2 heterocycles. The van der Waals surface area contributed by atoms with Crippen molar-refractivity contribution in [1.82, 2.24) is 19.9 Å². The normalized spacial score (nSPS) is 15.3. The van der Waals surface area contributed by atoms with Gasteiger partial charge in [0, 0.05) is 13.6 Å². The lowest BCUT2D eigenvalue weighted by molar-refractivity contribution is 0.312. The van der Waals surface area contributed by atoms with Gasteiger partial charge < -0.3 is 20.3 Å². The molecule has 0 spiro atoms. The Hall–Kier alpha value is -1.63. The fraction of sp³-hybridized carbons (Fsp3) is 0.769. The first-order chi connectivity index (χ1) is 9.81. The number of anilines is 2. The summed E-state index contributed by atoms with van der Waals surface area (Å²) in [6.45, 7) is 6.92. The zero-order valence-corrected chi connectivity index (χ0v) is 12.4. The third-order valence-electron chi connectivity index (χ3n) is 3.24. The molecule has 1 fully saturated rings. The van der Waals surface area contributed by atoms with Crippen molar-refractivity contribution in [3.8, 4) is 6.01 Å². The van der Waals surface area contributed by atoms with Gasteiger partial charge in [0.05, 0.1) is 6.61 Å². The van der Waals surface area contributed by atoms with Crippen molar-refractivity contribution >= 4 is 11.9 Å². The maximum atomic E-state index is 5.33. The van der Waals surface area contributed by atoms with E-state index in [1.807, 2.05) is 6.92 Å². The van der Waals surface area contributed by atoms with E-state index in [-0.39, 0.29) is 0 Å². The Balaban J connectivity index is 1.79. The zero-order valence-electron chi connectivity index (χ0n) is 12.4. The molecular weight excluding hydrogens is 256 g/mol. The maximum Gasteiger partial charge on any atom is 0.323 e. The second-order valence-electron chi connectivity index (χ2n) is 4.78.